The molecule has 0 aliphatic heterocycles. The van der Waals surface area contributed by atoms with E-state index >= 15 is 0 Å². The first-order valence-corrected chi connectivity index (χ1v) is 7.72. The highest BCUT2D eigenvalue weighted by Gasteiger charge is 2.20. The van der Waals surface area contributed by atoms with Crippen molar-refractivity contribution in [2.24, 2.45) is 0 Å². The van der Waals surface area contributed by atoms with Gasteiger partial charge in [-0.15, -0.1) is 0 Å². The van der Waals surface area contributed by atoms with Gasteiger partial charge < -0.3 is 10.4 Å². The van der Waals surface area contributed by atoms with E-state index in [0.717, 1.165) is 5.25 Å². The van der Waals surface area contributed by atoms with Gasteiger partial charge in [0.1, 0.15) is 0 Å². The van der Waals surface area contributed by atoms with Crippen molar-refractivity contribution >= 4 is 11.8 Å². The molecule has 0 unspecified atom stereocenters. The smallest absolute Gasteiger partial charge is 0.165 e. The normalized spacial score (nSPS) is 24.1. The van der Waals surface area contributed by atoms with Crippen LogP contribution in [0.1, 0.15) is 31.2 Å². The molecule has 0 spiro atoms. The summed E-state index contributed by atoms with van der Waals surface area (Å²) < 4.78 is 13.2. The third-order valence-electron chi connectivity index (χ3n) is 3.66. The molecule has 0 amide bonds. The summed E-state index contributed by atoms with van der Waals surface area (Å²) in [6, 6.07) is 5.18. The van der Waals surface area contributed by atoms with Crippen LogP contribution in [0.5, 0.6) is 5.75 Å². The van der Waals surface area contributed by atoms with Crippen LogP contribution in [0.3, 0.4) is 0 Å². The van der Waals surface area contributed by atoms with E-state index < -0.39 is 5.82 Å². The number of hydrogen-bond donors (Lipinski definition) is 2. The second kappa shape index (κ2) is 6.43. The molecular weight excluding hydrogens is 249 g/mol. The lowest BCUT2D eigenvalue weighted by molar-refractivity contribution is 0.371. The molecule has 0 saturated heterocycles. The fourth-order valence-electron chi connectivity index (χ4n) is 2.46. The number of phenolic OH excluding ortho intramolecular Hbond substituents is 1. The van der Waals surface area contributed by atoms with Crippen molar-refractivity contribution < 1.29 is 9.50 Å². The Labute approximate surface area is 112 Å². The first kappa shape index (κ1) is 13.7. The maximum absolute atomic E-state index is 13.2. The standard InChI is InChI=1S/C14H20FNOS/c1-18-12-7-5-11(6-8-12)16-9-10-3-2-4-13(15)14(10)17/h2-4,11-12,16-17H,5-9H2,1H3. The Kier molecular flexibility index (Phi) is 4.89. The number of nitrogens with one attached hydrogen (secondary N) is 1. The topological polar surface area (TPSA) is 32.3 Å². The van der Waals surface area contributed by atoms with Crippen LogP contribution in [-0.2, 0) is 6.54 Å². The first-order valence-electron chi connectivity index (χ1n) is 6.43. The van der Waals surface area contributed by atoms with Crippen LogP contribution in [-0.4, -0.2) is 22.7 Å². The molecule has 1 fully saturated rings. The highest BCUT2D eigenvalue weighted by atomic mass is 32.2. The van der Waals surface area contributed by atoms with Crippen molar-refractivity contribution in [1.82, 2.24) is 5.32 Å². The van der Waals surface area contributed by atoms with E-state index in [4.69, 9.17) is 0 Å². The highest BCUT2D eigenvalue weighted by molar-refractivity contribution is 7.99. The monoisotopic (exact) mass is 269 g/mol. The van der Waals surface area contributed by atoms with Crippen molar-refractivity contribution in [2.75, 3.05) is 6.26 Å². The lowest BCUT2D eigenvalue weighted by Crippen LogP contribution is -2.33. The molecule has 1 aliphatic carbocycles. The van der Waals surface area contributed by atoms with E-state index in [0.29, 0.717) is 18.2 Å². The zero-order chi connectivity index (χ0) is 13.0. The Morgan fingerprint density at radius 1 is 1.33 bits per heavy atom. The SMILES string of the molecule is CSC1CCC(NCc2cccc(F)c2O)CC1. The summed E-state index contributed by atoms with van der Waals surface area (Å²) >= 11 is 1.95. The quantitative estimate of drug-likeness (QED) is 0.879. The minimum absolute atomic E-state index is 0.220. The van der Waals surface area contributed by atoms with Crippen LogP contribution >= 0.6 is 11.8 Å². The van der Waals surface area contributed by atoms with Gasteiger partial charge in [0.15, 0.2) is 11.6 Å². The van der Waals surface area contributed by atoms with Crippen molar-refractivity contribution in [1.29, 1.82) is 0 Å². The van der Waals surface area contributed by atoms with Crippen LogP contribution in [0.15, 0.2) is 18.2 Å². The molecule has 100 valence electrons. The maximum atomic E-state index is 13.2. The number of phenols is 1. The lowest BCUT2D eigenvalue weighted by atomic mass is 9.95. The minimum Gasteiger partial charge on any atom is -0.505 e. The summed E-state index contributed by atoms with van der Waals surface area (Å²) in [5.41, 5.74) is 0.641. The summed E-state index contributed by atoms with van der Waals surface area (Å²) in [6.07, 6.45) is 6.99. The fraction of sp³-hybridized carbons (Fsp3) is 0.571. The van der Waals surface area contributed by atoms with Crippen LogP contribution in [0.25, 0.3) is 0 Å². The number of hydrogen-bond acceptors (Lipinski definition) is 3. The minimum atomic E-state index is -0.541. The number of halogens is 1. The van der Waals surface area contributed by atoms with E-state index in [-0.39, 0.29) is 5.75 Å². The Morgan fingerprint density at radius 2 is 2.06 bits per heavy atom. The molecule has 2 N–H and O–H groups in total. The maximum Gasteiger partial charge on any atom is 0.165 e. The number of para-hydroxylation sites is 1. The van der Waals surface area contributed by atoms with Crippen LogP contribution in [0.2, 0.25) is 0 Å². The van der Waals surface area contributed by atoms with Gasteiger partial charge in [-0.25, -0.2) is 4.39 Å². The third kappa shape index (κ3) is 3.39. The van der Waals surface area contributed by atoms with E-state index in [1.165, 1.54) is 31.7 Å². The summed E-state index contributed by atoms with van der Waals surface area (Å²) in [7, 11) is 0. The predicted molar refractivity (Wildman–Crippen MR) is 74.5 cm³/mol. The van der Waals surface area contributed by atoms with Crippen molar-refractivity contribution in [2.45, 2.75) is 43.5 Å². The van der Waals surface area contributed by atoms with Crippen LogP contribution in [0.4, 0.5) is 4.39 Å². The molecule has 0 radical (unpaired) electrons. The molecule has 2 rings (SSSR count). The van der Waals surface area contributed by atoms with E-state index in [9.17, 15) is 9.50 Å². The van der Waals surface area contributed by atoms with Crippen molar-refractivity contribution in [3.05, 3.63) is 29.6 Å². The first-order chi connectivity index (χ1) is 8.70. The number of aromatic hydroxyl groups is 1. The molecule has 1 aromatic rings. The third-order valence-corrected chi connectivity index (χ3v) is 4.80. The molecule has 0 atom stereocenters. The van der Waals surface area contributed by atoms with Gasteiger partial charge in [-0.05, 0) is 38.0 Å². The van der Waals surface area contributed by atoms with E-state index in [1.54, 1.807) is 12.1 Å². The van der Waals surface area contributed by atoms with Gasteiger partial charge in [0.2, 0.25) is 0 Å². The largest absolute Gasteiger partial charge is 0.505 e. The molecule has 1 saturated carbocycles. The zero-order valence-electron chi connectivity index (χ0n) is 10.7. The van der Waals surface area contributed by atoms with Crippen molar-refractivity contribution in [3.8, 4) is 5.75 Å². The van der Waals surface area contributed by atoms with Gasteiger partial charge >= 0.3 is 0 Å². The Morgan fingerprint density at radius 3 is 2.72 bits per heavy atom. The average molecular weight is 269 g/mol. The molecule has 1 aliphatic rings. The van der Waals surface area contributed by atoms with Crippen LogP contribution in [0, 0.1) is 5.82 Å². The molecule has 0 bridgehead atoms. The number of rotatable bonds is 4. The van der Waals surface area contributed by atoms with Gasteiger partial charge in [-0.3, -0.25) is 0 Å². The Hall–Kier alpha value is -0.740. The summed E-state index contributed by atoms with van der Waals surface area (Å²) in [4.78, 5) is 0. The molecule has 0 heterocycles. The number of benzene rings is 1. The molecule has 0 aromatic heterocycles. The predicted octanol–water partition coefficient (Wildman–Crippen LogP) is 3.30. The molecular formula is C14H20FNOS. The van der Waals surface area contributed by atoms with Gasteiger partial charge in [0.05, 0.1) is 0 Å². The summed E-state index contributed by atoms with van der Waals surface area (Å²) in [6.45, 7) is 0.540. The average Bonchev–Trinajstić information content (AvgIpc) is 2.41. The zero-order valence-corrected chi connectivity index (χ0v) is 11.5. The molecule has 1 aromatic carbocycles. The lowest BCUT2D eigenvalue weighted by Gasteiger charge is -2.28. The second-order valence-electron chi connectivity index (χ2n) is 4.84. The van der Waals surface area contributed by atoms with Gasteiger partial charge in [-0.1, -0.05) is 12.1 Å². The fourth-order valence-corrected chi connectivity index (χ4v) is 3.20. The van der Waals surface area contributed by atoms with Gasteiger partial charge in [0.25, 0.3) is 0 Å². The second-order valence-corrected chi connectivity index (χ2v) is 5.98. The molecule has 18 heavy (non-hydrogen) atoms. The Bertz CT molecular complexity index is 391. The number of thioether (sulfide) groups is 1. The van der Waals surface area contributed by atoms with E-state index in [1.807, 2.05) is 11.8 Å². The molecule has 2 nitrogen and oxygen atoms in total. The highest BCUT2D eigenvalue weighted by Crippen LogP contribution is 2.27. The summed E-state index contributed by atoms with van der Waals surface area (Å²) in [5.74, 6) is -0.761. The molecule has 4 heteroatoms. The Balaban J connectivity index is 1.83. The van der Waals surface area contributed by atoms with Gasteiger partial charge in [0, 0.05) is 23.4 Å². The van der Waals surface area contributed by atoms with Crippen LogP contribution < -0.4 is 5.32 Å². The van der Waals surface area contributed by atoms with Gasteiger partial charge in [-0.2, -0.15) is 11.8 Å². The van der Waals surface area contributed by atoms with Crippen molar-refractivity contribution in [3.63, 3.8) is 0 Å². The van der Waals surface area contributed by atoms with E-state index in [2.05, 4.69) is 11.6 Å². The summed E-state index contributed by atoms with van der Waals surface area (Å²) in [5, 5.41) is 13.8.